The van der Waals surface area contributed by atoms with Gasteiger partial charge < -0.3 is 9.84 Å². The minimum atomic E-state index is -0.785. The van der Waals surface area contributed by atoms with Crippen LogP contribution in [-0.2, 0) is 35.2 Å². The lowest BCUT2D eigenvalue weighted by molar-refractivity contribution is -0.143. The summed E-state index contributed by atoms with van der Waals surface area (Å²) in [6, 6.07) is 11.9. The number of hydrogen-bond donors (Lipinski definition) is 1. The third kappa shape index (κ3) is 5.76. The number of fused-ring (bicyclic) bond motifs is 1. The molecular weight excluding hydrogens is 400 g/mol. The van der Waals surface area contributed by atoms with Gasteiger partial charge in [-0.1, -0.05) is 37.3 Å². The zero-order chi connectivity index (χ0) is 22.3. The topological polar surface area (TPSA) is 62.7 Å². The van der Waals surface area contributed by atoms with Gasteiger partial charge in [0.05, 0.1) is 6.10 Å². The molecule has 2 heterocycles. The van der Waals surface area contributed by atoms with Gasteiger partial charge >= 0.3 is 5.97 Å². The lowest BCUT2D eigenvalue weighted by Crippen LogP contribution is -2.33. The van der Waals surface area contributed by atoms with Crippen LogP contribution in [0, 0.1) is 0 Å². The van der Waals surface area contributed by atoms with E-state index in [2.05, 4.69) is 19.1 Å². The second-order valence-electron chi connectivity index (χ2n) is 9.18. The molecule has 1 aromatic carbocycles. The van der Waals surface area contributed by atoms with Crippen LogP contribution in [0.2, 0.25) is 0 Å². The number of rotatable bonds is 10. The van der Waals surface area contributed by atoms with E-state index in [0.717, 1.165) is 57.2 Å². The van der Waals surface area contributed by atoms with Crippen LogP contribution in [-0.4, -0.2) is 46.8 Å². The highest BCUT2D eigenvalue weighted by molar-refractivity contribution is 5.75. The van der Waals surface area contributed by atoms with E-state index in [1.54, 1.807) is 0 Å². The fraction of sp³-hybridized carbons (Fsp3) is 0.556. The summed E-state index contributed by atoms with van der Waals surface area (Å²) in [4.78, 5) is 18.9. The zero-order valence-electron chi connectivity index (χ0n) is 19.3. The maximum absolute atomic E-state index is 12.0. The van der Waals surface area contributed by atoms with Crippen LogP contribution < -0.4 is 0 Å². The van der Waals surface area contributed by atoms with Gasteiger partial charge in [0.2, 0.25) is 0 Å². The van der Waals surface area contributed by atoms with Crippen LogP contribution >= 0.6 is 0 Å². The molecule has 1 aliphatic carbocycles. The van der Waals surface area contributed by atoms with Crippen LogP contribution in [0.3, 0.4) is 0 Å². The first-order valence-corrected chi connectivity index (χ1v) is 12.3. The molecule has 1 N–H and O–H groups in total. The van der Waals surface area contributed by atoms with Crippen molar-refractivity contribution < 1.29 is 14.6 Å². The van der Waals surface area contributed by atoms with E-state index in [1.165, 1.54) is 41.8 Å². The summed E-state index contributed by atoms with van der Waals surface area (Å²) in [5.41, 5.74) is 6.04. The highest BCUT2D eigenvalue weighted by atomic mass is 16.5. The van der Waals surface area contributed by atoms with Crippen molar-refractivity contribution in [3.05, 3.63) is 64.5 Å². The molecular formula is C27H36N2O3. The molecule has 1 aliphatic heterocycles. The maximum atomic E-state index is 12.0. The smallest absolute Gasteiger partial charge is 0.325 e. The Bertz CT molecular complexity index is 896. The SMILES string of the molecule is CCc1ccc([C@H](C(=O)O)N2CC[C@@H](OCCCCc3ccc4c(n3)CCCC4)C2)cc1. The van der Waals surface area contributed by atoms with Crippen LogP contribution in [0.15, 0.2) is 36.4 Å². The number of aliphatic carboxylic acids is 1. The van der Waals surface area contributed by atoms with Gasteiger partial charge in [0, 0.05) is 31.1 Å². The monoisotopic (exact) mass is 436 g/mol. The first kappa shape index (κ1) is 22.9. The van der Waals surface area contributed by atoms with Gasteiger partial charge in [0.15, 0.2) is 0 Å². The second-order valence-corrected chi connectivity index (χ2v) is 9.18. The third-order valence-corrected chi connectivity index (χ3v) is 6.90. The predicted octanol–water partition coefficient (Wildman–Crippen LogP) is 4.76. The maximum Gasteiger partial charge on any atom is 0.325 e. The molecule has 2 aromatic rings. The normalized spacial score (nSPS) is 19.6. The van der Waals surface area contributed by atoms with Crippen molar-refractivity contribution >= 4 is 5.97 Å². The fourth-order valence-electron chi connectivity index (χ4n) is 4.99. The molecule has 0 amide bonds. The number of carboxylic acids is 1. The molecule has 0 spiro atoms. The Labute approximate surface area is 191 Å². The number of carbonyl (C=O) groups is 1. The van der Waals surface area contributed by atoms with Crippen molar-refractivity contribution in [1.82, 2.24) is 9.88 Å². The molecule has 0 radical (unpaired) electrons. The summed E-state index contributed by atoms with van der Waals surface area (Å²) in [5.74, 6) is -0.785. The van der Waals surface area contributed by atoms with Gasteiger partial charge in [0.1, 0.15) is 6.04 Å². The molecule has 2 aliphatic rings. The van der Waals surface area contributed by atoms with E-state index in [4.69, 9.17) is 9.72 Å². The number of pyridine rings is 1. The summed E-state index contributed by atoms with van der Waals surface area (Å²) >= 11 is 0. The number of benzene rings is 1. The number of ether oxygens (including phenoxy) is 1. The van der Waals surface area contributed by atoms with Crippen LogP contribution in [0.1, 0.15) is 73.1 Å². The number of likely N-dealkylation sites (tertiary alicyclic amines) is 1. The van der Waals surface area contributed by atoms with Crippen LogP contribution in [0.5, 0.6) is 0 Å². The largest absolute Gasteiger partial charge is 0.480 e. The molecule has 172 valence electrons. The van der Waals surface area contributed by atoms with Gasteiger partial charge in [-0.3, -0.25) is 14.7 Å². The molecule has 1 aromatic heterocycles. The van der Waals surface area contributed by atoms with Crippen molar-refractivity contribution in [2.45, 2.75) is 76.9 Å². The molecule has 1 fully saturated rings. The molecule has 0 bridgehead atoms. The molecule has 5 nitrogen and oxygen atoms in total. The standard InChI is InChI=1S/C27H36N2O3/c1-2-20-10-12-22(13-11-20)26(27(30)31)29-17-16-24(19-29)32-18-6-5-8-23-15-14-21-7-3-4-9-25(21)28-23/h10-15,24,26H,2-9,16-19H2,1H3,(H,30,31)/t24-,26-/m1/s1. The van der Waals surface area contributed by atoms with Gasteiger partial charge in [-0.15, -0.1) is 0 Å². The molecule has 4 rings (SSSR count). The van der Waals surface area contributed by atoms with E-state index in [-0.39, 0.29) is 6.10 Å². The van der Waals surface area contributed by atoms with E-state index in [9.17, 15) is 9.90 Å². The number of aryl methyl sites for hydroxylation is 4. The van der Waals surface area contributed by atoms with Crippen molar-refractivity contribution in [2.24, 2.45) is 0 Å². The highest BCUT2D eigenvalue weighted by Gasteiger charge is 2.33. The number of hydrogen-bond acceptors (Lipinski definition) is 4. The van der Waals surface area contributed by atoms with Crippen LogP contribution in [0.25, 0.3) is 0 Å². The lowest BCUT2D eigenvalue weighted by Gasteiger charge is -2.24. The van der Waals surface area contributed by atoms with Gasteiger partial charge in [-0.2, -0.15) is 0 Å². The number of aromatic nitrogens is 1. The molecule has 1 saturated heterocycles. The Kier molecular flexibility index (Phi) is 7.93. The van der Waals surface area contributed by atoms with Crippen molar-refractivity contribution in [2.75, 3.05) is 19.7 Å². The molecule has 0 unspecified atom stereocenters. The number of unbranched alkanes of at least 4 members (excludes halogenated alkanes) is 1. The first-order chi connectivity index (χ1) is 15.6. The van der Waals surface area contributed by atoms with E-state index in [0.29, 0.717) is 6.54 Å². The number of carboxylic acid groups (broad SMARTS) is 1. The number of nitrogens with zero attached hydrogens (tertiary/aromatic N) is 2. The average Bonchev–Trinajstić information content (AvgIpc) is 3.27. The minimum absolute atomic E-state index is 0.119. The quantitative estimate of drug-likeness (QED) is 0.544. The van der Waals surface area contributed by atoms with Gasteiger partial charge in [0.25, 0.3) is 0 Å². The average molecular weight is 437 g/mol. The Balaban J connectivity index is 1.20. The Morgan fingerprint density at radius 2 is 1.97 bits per heavy atom. The molecule has 32 heavy (non-hydrogen) atoms. The Morgan fingerprint density at radius 1 is 1.16 bits per heavy atom. The van der Waals surface area contributed by atoms with Crippen molar-refractivity contribution in [3.8, 4) is 0 Å². The van der Waals surface area contributed by atoms with E-state index in [1.807, 2.05) is 29.2 Å². The first-order valence-electron chi connectivity index (χ1n) is 12.3. The summed E-state index contributed by atoms with van der Waals surface area (Å²) in [6.07, 6.45) is 9.93. The summed E-state index contributed by atoms with van der Waals surface area (Å²) < 4.78 is 6.11. The molecule has 5 heteroatoms. The minimum Gasteiger partial charge on any atom is -0.480 e. The Hall–Kier alpha value is -2.24. The van der Waals surface area contributed by atoms with Gasteiger partial charge in [-0.25, -0.2) is 0 Å². The highest BCUT2D eigenvalue weighted by Crippen LogP contribution is 2.27. The fourth-order valence-corrected chi connectivity index (χ4v) is 4.99. The predicted molar refractivity (Wildman–Crippen MR) is 126 cm³/mol. The van der Waals surface area contributed by atoms with Gasteiger partial charge in [-0.05, 0) is 80.5 Å². The molecule has 2 atom stereocenters. The lowest BCUT2D eigenvalue weighted by atomic mass is 9.95. The zero-order valence-corrected chi connectivity index (χ0v) is 19.3. The van der Waals surface area contributed by atoms with E-state index >= 15 is 0 Å². The summed E-state index contributed by atoms with van der Waals surface area (Å²) in [5, 5.41) is 9.84. The summed E-state index contributed by atoms with van der Waals surface area (Å²) in [7, 11) is 0. The Morgan fingerprint density at radius 3 is 2.75 bits per heavy atom. The van der Waals surface area contributed by atoms with Crippen molar-refractivity contribution in [1.29, 1.82) is 0 Å². The van der Waals surface area contributed by atoms with Crippen molar-refractivity contribution in [3.63, 3.8) is 0 Å². The third-order valence-electron chi connectivity index (χ3n) is 6.90. The summed E-state index contributed by atoms with van der Waals surface area (Å²) in [6.45, 7) is 4.27. The van der Waals surface area contributed by atoms with E-state index < -0.39 is 12.0 Å². The second kappa shape index (κ2) is 11.1. The van der Waals surface area contributed by atoms with Crippen LogP contribution in [0.4, 0.5) is 0 Å². The molecule has 0 saturated carbocycles.